The zero-order valence-corrected chi connectivity index (χ0v) is 14.2. The van der Waals surface area contributed by atoms with Crippen LogP contribution >= 0.6 is 0 Å². The van der Waals surface area contributed by atoms with E-state index < -0.39 is 22.0 Å². The Hall–Kier alpha value is -2.59. The molecule has 2 aromatic rings. The summed E-state index contributed by atoms with van der Waals surface area (Å²) in [7, 11) is -2.65. The van der Waals surface area contributed by atoms with Crippen molar-refractivity contribution in [2.24, 2.45) is 7.05 Å². The predicted octanol–water partition coefficient (Wildman–Crippen LogP) is 0.686. The van der Waals surface area contributed by atoms with Crippen molar-refractivity contribution in [1.82, 2.24) is 14.5 Å². The predicted molar refractivity (Wildman–Crippen MR) is 86.0 cm³/mol. The molecule has 0 fully saturated rings. The number of aromatic nitrogens is 2. The number of sulfonamides is 1. The van der Waals surface area contributed by atoms with Gasteiger partial charge in [0, 0.05) is 19.7 Å². The summed E-state index contributed by atoms with van der Waals surface area (Å²) in [6.45, 7) is 0.723. The summed E-state index contributed by atoms with van der Waals surface area (Å²) in [5, 5.41) is 13.3. The summed E-state index contributed by atoms with van der Waals surface area (Å²) >= 11 is 0. The van der Waals surface area contributed by atoms with Crippen molar-refractivity contribution in [1.29, 1.82) is 0 Å². The zero-order valence-electron chi connectivity index (χ0n) is 13.4. The van der Waals surface area contributed by atoms with Crippen molar-refractivity contribution in [3.63, 3.8) is 0 Å². The number of carboxylic acids is 1. The van der Waals surface area contributed by atoms with E-state index in [0.29, 0.717) is 25.4 Å². The maximum absolute atomic E-state index is 12.8. The van der Waals surface area contributed by atoms with Gasteiger partial charge in [0.1, 0.15) is 4.90 Å². The van der Waals surface area contributed by atoms with Crippen LogP contribution < -0.4 is 14.2 Å². The van der Waals surface area contributed by atoms with E-state index in [0.717, 1.165) is 0 Å². The normalized spacial score (nSPS) is 15.4. The first-order chi connectivity index (χ1) is 11.9. The van der Waals surface area contributed by atoms with Gasteiger partial charge in [0.2, 0.25) is 10.0 Å². The van der Waals surface area contributed by atoms with Crippen LogP contribution in [0.5, 0.6) is 11.5 Å². The van der Waals surface area contributed by atoms with Gasteiger partial charge in [-0.1, -0.05) is 6.07 Å². The second-order valence-electron chi connectivity index (χ2n) is 5.41. The molecule has 2 N–H and O–H groups in total. The highest BCUT2D eigenvalue weighted by molar-refractivity contribution is 7.89. The fourth-order valence-electron chi connectivity index (χ4n) is 2.50. The Morgan fingerprint density at radius 1 is 1.32 bits per heavy atom. The van der Waals surface area contributed by atoms with Crippen LogP contribution in [-0.2, 0) is 21.9 Å². The molecule has 0 aliphatic carbocycles. The molecule has 10 heteroatoms. The number of para-hydroxylation sites is 1. The number of carbonyl (C=O) groups is 1. The highest BCUT2D eigenvalue weighted by atomic mass is 32.2. The molecule has 0 amide bonds. The van der Waals surface area contributed by atoms with Gasteiger partial charge in [0.15, 0.2) is 17.5 Å². The highest BCUT2D eigenvalue weighted by Gasteiger charge is 2.32. The van der Waals surface area contributed by atoms with E-state index >= 15 is 0 Å². The molecule has 0 spiro atoms. The minimum absolute atomic E-state index is 0.0849. The Balaban J connectivity index is 1.99. The molecule has 0 radical (unpaired) electrons. The number of carboxylic acid groups (broad SMARTS) is 1. The molecule has 0 saturated carbocycles. The van der Waals surface area contributed by atoms with E-state index in [1.807, 2.05) is 0 Å². The average Bonchev–Trinajstić information content (AvgIpc) is 2.83. The second-order valence-corrected chi connectivity index (χ2v) is 7.09. The fraction of sp³-hybridized carbons (Fsp3) is 0.333. The van der Waals surface area contributed by atoms with Crippen molar-refractivity contribution in [3.8, 4) is 11.5 Å². The first-order valence-electron chi connectivity index (χ1n) is 7.52. The lowest BCUT2D eigenvalue weighted by atomic mass is 10.2. The minimum Gasteiger partial charge on any atom is -0.490 e. The van der Waals surface area contributed by atoms with Gasteiger partial charge < -0.3 is 14.6 Å². The summed E-state index contributed by atoms with van der Waals surface area (Å²) in [5.74, 6) is -0.944. The van der Waals surface area contributed by atoms with Crippen molar-refractivity contribution in [2.45, 2.75) is 17.4 Å². The number of aliphatic carboxylic acids is 1. The minimum atomic E-state index is -4.18. The smallest absolute Gasteiger partial charge is 0.327 e. The number of benzene rings is 1. The molecule has 9 nitrogen and oxygen atoms in total. The van der Waals surface area contributed by atoms with E-state index in [2.05, 4.69) is 9.82 Å². The molecule has 1 aliphatic rings. The molecule has 0 bridgehead atoms. The molecule has 1 aromatic carbocycles. The molecular formula is C15H17N3O6S. The van der Waals surface area contributed by atoms with E-state index in [1.54, 1.807) is 6.07 Å². The average molecular weight is 367 g/mol. The van der Waals surface area contributed by atoms with Crippen molar-refractivity contribution in [3.05, 3.63) is 36.2 Å². The third-order valence-corrected chi connectivity index (χ3v) is 5.15. The molecule has 1 aliphatic heterocycles. The monoisotopic (exact) mass is 367 g/mol. The van der Waals surface area contributed by atoms with E-state index in [4.69, 9.17) is 9.47 Å². The van der Waals surface area contributed by atoms with Crippen molar-refractivity contribution in [2.75, 3.05) is 13.2 Å². The number of ether oxygens (including phenoxy) is 2. The van der Waals surface area contributed by atoms with Crippen LogP contribution in [0, 0.1) is 0 Å². The number of rotatable bonds is 5. The molecule has 25 heavy (non-hydrogen) atoms. The summed E-state index contributed by atoms with van der Waals surface area (Å²) in [5.41, 5.74) is 0.204. The van der Waals surface area contributed by atoms with Crippen LogP contribution in [0.3, 0.4) is 0 Å². The zero-order chi connectivity index (χ0) is 18.0. The topological polar surface area (TPSA) is 120 Å². The van der Waals surface area contributed by atoms with Crippen LogP contribution in [0.25, 0.3) is 0 Å². The Morgan fingerprint density at radius 3 is 2.76 bits per heavy atom. The molecule has 1 atom stereocenters. The molecular weight excluding hydrogens is 350 g/mol. The van der Waals surface area contributed by atoms with E-state index in [1.165, 1.54) is 36.1 Å². The number of nitrogens with one attached hydrogen (secondary N) is 1. The first-order valence-corrected chi connectivity index (χ1v) is 9.00. The van der Waals surface area contributed by atoms with Crippen LogP contribution in [-0.4, -0.2) is 42.5 Å². The van der Waals surface area contributed by atoms with Gasteiger partial charge in [-0.25, -0.2) is 8.42 Å². The van der Waals surface area contributed by atoms with E-state index in [9.17, 15) is 18.3 Å². The van der Waals surface area contributed by atoms with Crippen molar-refractivity contribution >= 4 is 16.0 Å². The lowest BCUT2D eigenvalue weighted by Crippen LogP contribution is -2.35. The summed E-state index contributed by atoms with van der Waals surface area (Å²) in [6.07, 6.45) is 2.01. The van der Waals surface area contributed by atoms with Gasteiger partial charge in [-0.2, -0.15) is 9.82 Å². The molecule has 1 unspecified atom stereocenters. The molecule has 2 heterocycles. The van der Waals surface area contributed by atoms with Gasteiger partial charge in [-0.15, -0.1) is 0 Å². The number of hydrogen-bond donors (Lipinski definition) is 2. The Morgan fingerprint density at radius 2 is 2.08 bits per heavy atom. The second kappa shape index (κ2) is 6.73. The molecule has 1 aromatic heterocycles. The summed E-state index contributed by atoms with van der Waals surface area (Å²) in [4.78, 5) is 11.4. The number of hydrogen-bond acceptors (Lipinski definition) is 6. The Kier molecular flexibility index (Phi) is 4.64. The quantitative estimate of drug-likeness (QED) is 0.797. The lowest BCUT2D eigenvalue weighted by molar-refractivity contribution is -0.139. The van der Waals surface area contributed by atoms with Crippen LogP contribution in [0.2, 0.25) is 0 Å². The fourth-order valence-corrected chi connectivity index (χ4v) is 3.82. The Bertz CT molecular complexity index is 892. The lowest BCUT2D eigenvalue weighted by Gasteiger charge is -2.17. The standard InChI is InChI=1S/C15H17N3O6S/c1-18-10(6-7-16-18)13(15(19)20)17-25(21,22)12-5-2-4-11-14(12)24-9-3-8-23-11/h2,4-7,13,17H,3,8-9H2,1H3,(H,19,20). The SMILES string of the molecule is Cn1nccc1C(NS(=O)(=O)c1cccc2c1OCCCO2)C(=O)O. The third kappa shape index (κ3) is 3.44. The van der Waals surface area contributed by atoms with E-state index in [-0.39, 0.29) is 16.3 Å². The van der Waals surface area contributed by atoms with Gasteiger partial charge in [-0.3, -0.25) is 9.48 Å². The summed E-state index contributed by atoms with van der Waals surface area (Å²) < 4.78 is 40.1. The maximum Gasteiger partial charge on any atom is 0.327 e. The maximum atomic E-state index is 12.8. The highest BCUT2D eigenvalue weighted by Crippen LogP contribution is 2.36. The van der Waals surface area contributed by atoms with Gasteiger partial charge in [0.25, 0.3) is 0 Å². The summed E-state index contributed by atoms with van der Waals surface area (Å²) in [6, 6.07) is 4.42. The molecule has 3 rings (SSSR count). The van der Waals surface area contributed by atoms with Gasteiger partial charge >= 0.3 is 5.97 Å². The molecule has 134 valence electrons. The number of nitrogens with zero attached hydrogens (tertiary/aromatic N) is 2. The van der Waals surface area contributed by atoms with Crippen LogP contribution in [0.15, 0.2) is 35.4 Å². The largest absolute Gasteiger partial charge is 0.490 e. The van der Waals surface area contributed by atoms with Crippen molar-refractivity contribution < 1.29 is 27.8 Å². The number of aryl methyl sites for hydroxylation is 1. The third-order valence-electron chi connectivity index (χ3n) is 3.70. The van der Waals surface area contributed by atoms with Gasteiger partial charge in [0.05, 0.1) is 18.9 Å². The van der Waals surface area contributed by atoms with Crippen LogP contribution in [0.1, 0.15) is 18.2 Å². The first kappa shape index (κ1) is 17.2. The van der Waals surface area contributed by atoms with Gasteiger partial charge in [-0.05, 0) is 18.2 Å². The van der Waals surface area contributed by atoms with Crippen LogP contribution in [0.4, 0.5) is 0 Å². The number of fused-ring (bicyclic) bond motifs is 1. The Labute approximate surface area is 144 Å². The molecule has 0 saturated heterocycles.